The van der Waals surface area contributed by atoms with E-state index in [9.17, 15) is 0 Å². The minimum Gasteiger partial charge on any atom is -0.385 e. The molecule has 3 heteroatoms. The maximum atomic E-state index is 4.71. The molecule has 1 unspecified atom stereocenters. The molecule has 1 aliphatic carbocycles. The molecule has 0 aliphatic heterocycles. The summed E-state index contributed by atoms with van der Waals surface area (Å²) in [6, 6.07) is 0. The summed E-state index contributed by atoms with van der Waals surface area (Å²) in [5, 5.41) is 5.53. The van der Waals surface area contributed by atoms with Crippen LogP contribution in [0.3, 0.4) is 0 Å². The van der Waals surface area contributed by atoms with Crippen LogP contribution in [0, 0.1) is 5.92 Å². The van der Waals surface area contributed by atoms with Crippen molar-refractivity contribution >= 4 is 17.8 Å². The van der Waals surface area contributed by atoms with Crippen molar-refractivity contribution < 1.29 is 0 Å². The van der Waals surface area contributed by atoms with Crippen molar-refractivity contribution in [2.45, 2.75) is 46.5 Å². The quantitative estimate of drug-likeness (QED) is 0.789. The minimum absolute atomic E-state index is 0.575. The Morgan fingerprint density at radius 3 is 2.81 bits per heavy atom. The van der Waals surface area contributed by atoms with Gasteiger partial charge in [0.1, 0.15) is 0 Å². The Hall–Kier alpha value is -1.77. The van der Waals surface area contributed by atoms with Gasteiger partial charge in [0, 0.05) is 7.05 Å². The molecule has 0 fully saturated rings. The van der Waals surface area contributed by atoms with Crippen LogP contribution in [-0.4, -0.2) is 17.0 Å². The number of aromatic amines is 1. The molecule has 1 aromatic heterocycles. The predicted octanol–water partition coefficient (Wildman–Crippen LogP) is 2.71. The van der Waals surface area contributed by atoms with Crippen LogP contribution >= 0.6 is 0 Å². The highest BCUT2D eigenvalue weighted by Crippen LogP contribution is 2.20. The Kier molecular flexibility index (Phi) is 5.43. The third-order valence-electron chi connectivity index (χ3n) is 4.07. The van der Waals surface area contributed by atoms with Gasteiger partial charge in [-0.25, -0.2) is 4.98 Å². The SMILES string of the molecule is C/C=C(/C=C(\NC)c1nc2c([nH]1)=CCCC=2)C(C)CCC. The Bertz CT molecular complexity index is 613. The van der Waals surface area contributed by atoms with Gasteiger partial charge >= 0.3 is 0 Å². The molecule has 0 saturated heterocycles. The second-order valence-electron chi connectivity index (χ2n) is 5.66. The minimum atomic E-state index is 0.575. The van der Waals surface area contributed by atoms with Crippen molar-refractivity contribution in [1.82, 2.24) is 15.3 Å². The van der Waals surface area contributed by atoms with Crippen LogP contribution in [-0.2, 0) is 0 Å². The highest BCUT2D eigenvalue weighted by Gasteiger charge is 2.10. The monoisotopic (exact) mass is 285 g/mol. The molecule has 0 radical (unpaired) electrons. The standard InChI is InChI=1S/C18H27N3/c1-5-9-13(3)14(6-2)12-17(19-4)18-20-15-10-7-8-11-16(15)21-18/h6,10-13,19H,5,7-9H2,1-4H3,(H,20,21)/b14-6-,17-12-. The number of nitrogens with one attached hydrogen (secondary N) is 2. The number of H-pyrrole nitrogens is 1. The van der Waals surface area contributed by atoms with Gasteiger partial charge in [-0.3, -0.25) is 0 Å². The topological polar surface area (TPSA) is 40.7 Å². The highest BCUT2D eigenvalue weighted by molar-refractivity contribution is 5.61. The first kappa shape index (κ1) is 15.6. The maximum absolute atomic E-state index is 4.71. The molecule has 1 heterocycles. The summed E-state index contributed by atoms with van der Waals surface area (Å²) in [6.07, 6.45) is 13.5. The zero-order valence-corrected chi connectivity index (χ0v) is 13.7. The first-order chi connectivity index (χ1) is 10.2. The number of imidazole rings is 1. The molecular formula is C18H27N3. The number of fused-ring (bicyclic) bond motifs is 1. The zero-order chi connectivity index (χ0) is 15.2. The van der Waals surface area contributed by atoms with Crippen molar-refractivity contribution in [2.75, 3.05) is 7.05 Å². The summed E-state index contributed by atoms with van der Waals surface area (Å²) < 4.78 is 0. The van der Waals surface area contributed by atoms with Gasteiger partial charge in [0.15, 0.2) is 5.82 Å². The molecule has 1 aliphatic rings. The van der Waals surface area contributed by atoms with E-state index >= 15 is 0 Å². The molecule has 0 spiro atoms. The lowest BCUT2D eigenvalue weighted by Crippen LogP contribution is -2.26. The van der Waals surface area contributed by atoms with E-state index in [0.717, 1.165) is 35.1 Å². The summed E-state index contributed by atoms with van der Waals surface area (Å²) in [4.78, 5) is 8.14. The van der Waals surface area contributed by atoms with Gasteiger partial charge in [-0.2, -0.15) is 0 Å². The first-order valence-electron chi connectivity index (χ1n) is 8.02. The van der Waals surface area contributed by atoms with E-state index in [4.69, 9.17) is 4.98 Å². The van der Waals surface area contributed by atoms with Crippen LogP contribution in [0.5, 0.6) is 0 Å². The molecule has 2 rings (SSSR count). The lowest BCUT2D eigenvalue weighted by molar-refractivity contribution is 0.612. The smallest absolute Gasteiger partial charge is 0.154 e. The van der Waals surface area contributed by atoms with Crippen LogP contribution in [0.2, 0.25) is 0 Å². The van der Waals surface area contributed by atoms with Gasteiger partial charge < -0.3 is 10.3 Å². The average Bonchev–Trinajstić information content (AvgIpc) is 2.92. The fraction of sp³-hybridized carbons (Fsp3) is 0.500. The fourth-order valence-electron chi connectivity index (χ4n) is 2.82. The summed E-state index contributed by atoms with van der Waals surface area (Å²) in [7, 11) is 1.96. The van der Waals surface area contributed by atoms with E-state index in [0.29, 0.717) is 5.92 Å². The van der Waals surface area contributed by atoms with Crippen molar-refractivity contribution in [3.63, 3.8) is 0 Å². The van der Waals surface area contributed by atoms with Gasteiger partial charge in [0.2, 0.25) is 0 Å². The van der Waals surface area contributed by atoms with Gasteiger partial charge in [0.05, 0.1) is 16.4 Å². The second kappa shape index (κ2) is 7.30. The molecule has 0 aromatic carbocycles. The zero-order valence-electron chi connectivity index (χ0n) is 13.7. The third-order valence-corrected chi connectivity index (χ3v) is 4.07. The molecule has 114 valence electrons. The van der Waals surface area contributed by atoms with E-state index < -0.39 is 0 Å². The molecular weight excluding hydrogens is 258 g/mol. The Balaban J connectivity index is 2.35. The molecule has 21 heavy (non-hydrogen) atoms. The number of hydrogen-bond donors (Lipinski definition) is 2. The number of hydrogen-bond acceptors (Lipinski definition) is 2. The maximum Gasteiger partial charge on any atom is 0.154 e. The van der Waals surface area contributed by atoms with Crippen LogP contribution < -0.4 is 16.0 Å². The normalized spacial score (nSPS) is 16.8. The molecule has 1 aromatic rings. The van der Waals surface area contributed by atoms with Gasteiger partial charge in [-0.15, -0.1) is 0 Å². The van der Waals surface area contributed by atoms with Gasteiger partial charge in [0.25, 0.3) is 0 Å². The van der Waals surface area contributed by atoms with Crippen LogP contribution in [0.1, 0.15) is 52.3 Å². The second-order valence-corrected chi connectivity index (χ2v) is 5.66. The third kappa shape index (κ3) is 3.66. The summed E-state index contributed by atoms with van der Waals surface area (Å²) >= 11 is 0. The Morgan fingerprint density at radius 2 is 2.19 bits per heavy atom. The summed E-state index contributed by atoms with van der Waals surface area (Å²) in [6.45, 7) is 6.63. The molecule has 1 atom stereocenters. The number of rotatable bonds is 6. The van der Waals surface area contributed by atoms with E-state index in [1.807, 2.05) is 7.05 Å². The summed E-state index contributed by atoms with van der Waals surface area (Å²) in [5.74, 6) is 1.51. The van der Waals surface area contributed by atoms with Crippen molar-refractivity contribution in [2.24, 2.45) is 5.92 Å². The molecule has 0 bridgehead atoms. The highest BCUT2D eigenvalue weighted by atomic mass is 15.0. The first-order valence-corrected chi connectivity index (χ1v) is 8.02. The molecule has 3 nitrogen and oxygen atoms in total. The predicted molar refractivity (Wildman–Crippen MR) is 90.9 cm³/mol. The molecule has 0 amide bonds. The van der Waals surface area contributed by atoms with Crippen LogP contribution in [0.25, 0.3) is 17.8 Å². The van der Waals surface area contributed by atoms with Gasteiger partial charge in [-0.05, 0) is 43.8 Å². The number of allylic oxidation sites excluding steroid dienone is 3. The average molecular weight is 285 g/mol. The lowest BCUT2D eigenvalue weighted by Gasteiger charge is -2.13. The Morgan fingerprint density at radius 1 is 1.43 bits per heavy atom. The van der Waals surface area contributed by atoms with Crippen molar-refractivity contribution in [3.05, 3.63) is 34.2 Å². The fourth-order valence-corrected chi connectivity index (χ4v) is 2.82. The molecule has 0 saturated carbocycles. The number of nitrogens with zero attached hydrogens (tertiary/aromatic N) is 1. The van der Waals surface area contributed by atoms with Crippen molar-refractivity contribution in [3.8, 4) is 0 Å². The largest absolute Gasteiger partial charge is 0.385 e. The van der Waals surface area contributed by atoms with E-state index in [1.54, 1.807) is 0 Å². The lowest BCUT2D eigenvalue weighted by atomic mass is 9.95. The summed E-state index contributed by atoms with van der Waals surface area (Å²) in [5.41, 5.74) is 2.42. The molecule has 2 N–H and O–H groups in total. The van der Waals surface area contributed by atoms with E-state index in [2.05, 4.69) is 55.4 Å². The van der Waals surface area contributed by atoms with Crippen LogP contribution in [0.4, 0.5) is 0 Å². The van der Waals surface area contributed by atoms with Crippen molar-refractivity contribution in [1.29, 1.82) is 0 Å². The van der Waals surface area contributed by atoms with Gasteiger partial charge in [-0.1, -0.05) is 38.5 Å². The van der Waals surface area contributed by atoms with E-state index in [1.165, 1.54) is 18.4 Å². The number of aromatic nitrogens is 2. The Labute approximate surface area is 127 Å². The van der Waals surface area contributed by atoms with E-state index in [-0.39, 0.29) is 0 Å². The van der Waals surface area contributed by atoms with Crippen LogP contribution in [0.15, 0.2) is 17.7 Å².